The molecule has 0 aliphatic heterocycles. The van der Waals surface area contributed by atoms with Crippen LogP contribution in [-0.2, 0) is 6.54 Å². The number of hydrogen-bond donors (Lipinski definition) is 1. The topological polar surface area (TPSA) is 56.7 Å². The van der Waals surface area contributed by atoms with E-state index in [1.54, 1.807) is 22.9 Å². The lowest BCUT2D eigenvalue weighted by atomic mass is 10.2. The van der Waals surface area contributed by atoms with Crippen molar-refractivity contribution in [2.75, 3.05) is 5.73 Å². The molecule has 0 radical (unpaired) electrons. The first-order chi connectivity index (χ1) is 9.15. The number of fused-ring (bicyclic) bond motifs is 1. The Morgan fingerprint density at radius 3 is 2.89 bits per heavy atom. The Morgan fingerprint density at radius 2 is 2.05 bits per heavy atom. The van der Waals surface area contributed by atoms with Crippen LogP contribution in [0, 0.1) is 11.6 Å². The highest BCUT2D eigenvalue weighted by molar-refractivity contribution is 5.73. The fraction of sp³-hybridized carbons (Fsp3) is 0.0769. The molecule has 96 valence electrons. The molecule has 0 aliphatic carbocycles. The van der Waals surface area contributed by atoms with Crippen molar-refractivity contribution in [2.24, 2.45) is 0 Å². The summed E-state index contributed by atoms with van der Waals surface area (Å²) in [4.78, 5) is 8.28. The van der Waals surface area contributed by atoms with Gasteiger partial charge in [0.05, 0.1) is 6.54 Å². The summed E-state index contributed by atoms with van der Waals surface area (Å²) < 4.78 is 28.3. The lowest BCUT2D eigenvalue weighted by Gasteiger charge is -2.07. The number of anilines is 1. The number of nitrogens with zero attached hydrogens (tertiary/aromatic N) is 3. The van der Waals surface area contributed by atoms with Crippen molar-refractivity contribution < 1.29 is 8.78 Å². The van der Waals surface area contributed by atoms with E-state index in [0.29, 0.717) is 11.2 Å². The van der Waals surface area contributed by atoms with Crippen LogP contribution in [-0.4, -0.2) is 14.5 Å². The maximum Gasteiger partial charge on any atom is 0.202 e. The van der Waals surface area contributed by atoms with Gasteiger partial charge >= 0.3 is 0 Å². The van der Waals surface area contributed by atoms with Crippen LogP contribution in [0.5, 0.6) is 0 Å². The highest BCUT2D eigenvalue weighted by Crippen LogP contribution is 2.19. The molecular formula is C13H10F2N4. The first kappa shape index (κ1) is 11.6. The van der Waals surface area contributed by atoms with Gasteiger partial charge in [0.15, 0.2) is 5.65 Å². The Bertz CT molecular complexity index is 751. The van der Waals surface area contributed by atoms with Gasteiger partial charge in [0.2, 0.25) is 5.95 Å². The second-order valence-corrected chi connectivity index (χ2v) is 4.14. The molecular weight excluding hydrogens is 250 g/mol. The number of pyridine rings is 1. The second-order valence-electron chi connectivity index (χ2n) is 4.14. The molecule has 2 heterocycles. The van der Waals surface area contributed by atoms with Crippen LogP contribution in [0.2, 0.25) is 0 Å². The molecule has 3 rings (SSSR count). The van der Waals surface area contributed by atoms with Crippen molar-refractivity contribution in [3.05, 3.63) is 53.7 Å². The summed E-state index contributed by atoms with van der Waals surface area (Å²) in [5.74, 6) is -0.761. The van der Waals surface area contributed by atoms with E-state index in [4.69, 9.17) is 5.73 Å². The third kappa shape index (κ3) is 2.01. The van der Waals surface area contributed by atoms with Crippen molar-refractivity contribution in [1.29, 1.82) is 0 Å². The lowest BCUT2D eigenvalue weighted by molar-refractivity contribution is 0.579. The van der Waals surface area contributed by atoms with Gasteiger partial charge < -0.3 is 5.73 Å². The Kier molecular flexibility index (Phi) is 2.63. The normalized spacial score (nSPS) is 11.1. The number of halogens is 2. The Balaban J connectivity index is 2.10. The molecule has 0 atom stereocenters. The molecule has 0 saturated heterocycles. The minimum atomic E-state index is -0.493. The van der Waals surface area contributed by atoms with Crippen LogP contribution >= 0.6 is 0 Å². The molecule has 0 saturated carbocycles. The van der Waals surface area contributed by atoms with E-state index in [0.717, 1.165) is 18.2 Å². The largest absolute Gasteiger partial charge is 0.369 e. The maximum absolute atomic E-state index is 13.6. The number of hydrogen-bond acceptors (Lipinski definition) is 3. The predicted octanol–water partition coefficient (Wildman–Crippen LogP) is 2.34. The van der Waals surface area contributed by atoms with Gasteiger partial charge in [-0.15, -0.1) is 0 Å². The van der Waals surface area contributed by atoms with Crippen LogP contribution in [0.25, 0.3) is 11.2 Å². The minimum Gasteiger partial charge on any atom is -0.369 e. The van der Waals surface area contributed by atoms with E-state index in [1.165, 1.54) is 0 Å². The van der Waals surface area contributed by atoms with E-state index < -0.39 is 11.6 Å². The average molecular weight is 260 g/mol. The average Bonchev–Trinajstić information content (AvgIpc) is 2.71. The van der Waals surface area contributed by atoms with Gasteiger partial charge in [0.25, 0.3) is 0 Å². The summed E-state index contributed by atoms with van der Waals surface area (Å²) in [6.45, 7) is 0.0862. The number of benzene rings is 1. The molecule has 0 fully saturated rings. The molecule has 2 aromatic heterocycles. The zero-order valence-electron chi connectivity index (χ0n) is 9.85. The highest BCUT2D eigenvalue weighted by atomic mass is 19.1. The molecule has 0 unspecified atom stereocenters. The number of aromatic nitrogens is 3. The van der Waals surface area contributed by atoms with Gasteiger partial charge in [-0.25, -0.2) is 18.7 Å². The van der Waals surface area contributed by atoms with Gasteiger partial charge in [-0.2, -0.15) is 0 Å². The Morgan fingerprint density at radius 1 is 1.21 bits per heavy atom. The van der Waals surface area contributed by atoms with Gasteiger partial charge in [0.1, 0.15) is 17.2 Å². The zero-order valence-corrected chi connectivity index (χ0v) is 9.85. The first-order valence-electron chi connectivity index (χ1n) is 5.66. The fourth-order valence-electron chi connectivity index (χ4n) is 1.97. The molecule has 0 aliphatic rings. The molecule has 0 spiro atoms. The van der Waals surface area contributed by atoms with Gasteiger partial charge in [0, 0.05) is 11.8 Å². The van der Waals surface area contributed by atoms with E-state index in [-0.39, 0.29) is 18.1 Å². The monoisotopic (exact) mass is 260 g/mol. The molecule has 2 N–H and O–H groups in total. The predicted molar refractivity (Wildman–Crippen MR) is 67.4 cm³/mol. The van der Waals surface area contributed by atoms with Crippen LogP contribution in [0.1, 0.15) is 5.56 Å². The van der Waals surface area contributed by atoms with Crippen molar-refractivity contribution in [2.45, 2.75) is 6.54 Å². The van der Waals surface area contributed by atoms with Crippen LogP contribution in [0.3, 0.4) is 0 Å². The summed E-state index contributed by atoms with van der Waals surface area (Å²) in [7, 11) is 0. The highest BCUT2D eigenvalue weighted by Gasteiger charge is 2.12. The third-order valence-corrected chi connectivity index (χ3v) is 2.87. The smallest absolute Gasteiger partial charge is 0.202 e. The number of rotatable bonds is 2. The van der Waals surface area contributed by atoms with Crippen molar-refractivity contribution in [1.82, 2.24) is 14.5 Å². The Hall–Kier alpha value is -2.50. The van der Waals surface area contributed by atoms with E-state index in [2.05, 4.69) is 9.97 Å². The van der Waals surface area contributed by atoms with Crippen molar-refractivity contribution in [3.8, 4) is 0 Å². The van der Waals surface area contributed by atoms with E-state index in [9.17, 15) is 8.78 Å². The summed E-state index contributed by atoms with van der Waals surface area (Å²) in [5, 5.41) is 0. The molecule has 3 aromatic rings. The zero-order chi connectivity index (χ0) is 13.4. The number of nitrogen functional groups attached to an aromatic ring is 1. The summed E-state index contributed by atoms with van der Waals surface area (Å²) >= 11 is 0. The van der Waals surface area contributed by atoms with Crippen LogP contribution in [0.15, 0.2) is 36.5 Å². The van der Waals surface area contributed by atoms with Gasteiger partial charge in [-0.1, -0.05) is 0 Å². The third-order valence-electron chi connectivity index (χ3n) is 2.87. The summed E-state index contributed by atoms with van der Waals surface area (Å²) in [6.07, 6.45) is 1.60. The van der Waals surface area contributed by atoms with E-state index >= 15 is 0 Å². The molecule has 0 bridgehead atoms. The first-order valence-corrected chi connectivity index (χ1v) is 5.66. The SMILES string of the molecule is Nc1nc2cccnc2n1Cc1cc(F)ccc1F. The summed E-state index contributed by atoms with van der Waals surface area (Å²) in [6, 6.07) is 6.81. The fourth-order valence-corrected chi connectivity index (χ4v) is 1.97. The molecule has 6 heteroatoms. The van der Waals surface area contributed by atoms with Crippen molar-refractivity contribution >= 4 is 17.1 Å². The number of imidazole rings is 1. The van der Waals surface area contributed by atoms with Crippen molar-refractivity contribution in [3.63, 3.8) is 0 Å². The molecule has 4 nitrogen and oxygen atoms in total. The molecule has 0 amide bonds. The van der Waals surface area contributed by atoms with Crippen LogP contribution in [0.4, 0.5) is 14.7 Å². The molecule has 19 heavy (non-hydrogen) atoms. The van der Waals surface area contributed by atoms with Gasteiger partial charge in [-0.05, 0) is 30.3 Å². The minimum absolute atomic E-state index is 0.0862. The lowest BCUT2D eigenvalue weighted by Crippen LogP contribution is -2.07. The van der Waals surface area contributed by atoms with Gasteiger partial charge in [-0.3, -0.25) is 4.57 Å². The summed E-state index contributed by atoms with van der Waals surface area (Å²) in [5.41, 5.74) is 7.16. The number of nitrogens with two attached hydrogens (primary N) is 1. The molecule has 1 aromatic carbocycles. The van der Waals surface area contributed by atoms with Crippen LogP contribution < -0.4 is 5.73 Å². The quantitative estimate of drug-likeness (QED) is 0.769. The van der Waals surface area contributed by atoms with E-state index in [1.807, 2.05) is 0 Å². The second kappa shape index (κ2) is 4.31. The Labute approximate surface area is 107 Å². The standard InChI is InChI=1S/C13H10F2N4/c14-9-3-4-10(15)8(6-9)7-19-12-11(18-13(19)16)2-1-5-17-12/h1-6H,7H2,(H2,16,18). The maximum atomic E-state index is 13.6.